The number of nitrogens with zero attached hydrogens (tertiary/aromatic N) is 3. The Morgan fingerprint density at radius 3 is 2.44 bits per heavy atom. The van der Waals surface area contributed by atoms with E-state index in [0.29, 0.717) is 22.9 Å². The molecule has 180 valence electrons. The number of nitrogens with one attached hydrogen (secondary N) is 1. The molecule has 34 heavy (non-hydrogen) atoms. The molecule has 3 aliphatic rings. The normalized spacial score (nSPS) is 24.3. The molecule has 6 rings (SSSR count). The van der Waals surface area contributed by atoms with Crippen LogP contribution in [0.1, 0.15) is 61.5 Å². The van der Waals surface area contributed by atoms with Crippen LogP contribution in [0.25, 0.3) is 22.2 Å². The lowest BCUT2D eigenvalue weighted by Crippen LogP contribution is -2.14. The zero-order chi connectivity index (χ0) is 24.1. The van der Waals surface area contributed by atoms with Gasteiger partial charge < -0.3 is 11.1 Å². The second-order valence-corrected chi connectivity index (χ2v) is 10.4. The number of aromatic nitrogens is 3. The standard InChI is InChI=1S/C24H24ClF4N5/c1-9(2)20-17-22(16-13-7-31-8-14(13)16)33-34(11-3-4-11)23(17)19(26)21(32-20)12-5-10(30)6-15(25)18(12)24(27,28)29/h5-6,9,11,13-14,16,31H,3-4,7-8,30H2,1-2H3/t13-,14+,16?. The maximum Gasteiger partial charge on any atom is 0.418 e. The van der Waals surface area contributed by atoms with Gasteiger partial charge in [0, 0.05) is 22.6 Å². The van der Waals surface area contributed by atoms with Crippen molar-refractivity contribution in [3.05, 3.63) is 39.9 Å². The number of anilines is 1. The number of hydrogen-bond acceptors (Lipinski definition) is 4. The van der Waals surface area contributed by atoms with Gasteiger partial charge in [0.05, 0.1) is 28.0 Å². The van der Waals surface area contributed by atoms with Gasteiger partial charge in [-0.05, 0) is 55.8 Å². The van der Waals surface area contributed by atoms with Crippen molar-refractivity contribution in [2.75, 3.05) is 18.8 Å². The summed E-state index contributed by atoms with van der Waals surface area (Å²) in [6.07, 6.45) is -3.08. The summed E-state index contributed by atoms with van der Waals surface area (Å²) in [5.74, 6) is 0.179. The highest BCUT2D eigenvalue weighted by atomic mass is 35.5. The number of alkyl halides is 3. The fourth-order valence-electron chi connectivity index (χ4n) is 5.59. The van der Waals surface area contributed by atoms with Gasteiger partial charge in [-0.1, -0.05) is 25.4 Å². The predicted molar refractivity (Wildman–Crippen MR) is 122 cm³/mol. The number of halogens is 5. The second-order valence-electron chi connectivity index (χ2n) is 10.0. The Hall–Kier alpha value is -2.39. The Kier molecular flexibility index (Phi) is 4.75. The number of nitrogens with two attached hydrogens (primary N) is 1. The topological polar surface area (TPSA) is 68.8 Å². The molecule has 0 bridgehead atoms. The average Bonchev–Trinajstić information content (AvgIpc) is 3.61. The number of piperidine rings is 1. The Morgan fingerprint density at radius 1 is 1.18 bits per heavy atom. The van der Waals surface area contributed by atoms with Crippen LogP contribution < -0.4 is 11.1 Å². The lowest BCUT2D eigenvalue weighted by atomic mass is 9.96. The van der Waals surface area contributed by atoms with Gasteiger partial charge in [0.25, 0.3) is 0 Å². The fraction of sp³-hybridized carbons (Fsp3) is 0.500. The average molecular weight is 494 g/mol. The van der Waals surface area contributed by atoms with E-state index in [1.807, 2.05) is 13.8 Å². The molecule has 3 heterocycles. The van der Waals surface area contributed by atoms with Crippen molar-refractivity contribution in [3.8, 4) is 11.3 Å². The van der Waals surface area contributed by atoms with Gasteiger partial charge in [-0.2, -0.15) is 18.3 Å². The van der Waals surface area contributed by atoms with E-state index in [2.05, 4.69) is 10.3 Å². The zero-order valence-electron chi connectivity index (χ0n) is 18.7. The first-order valence-electron chi connectivity index (χ1n) is 11.6. The zero-order valence-corrected chi connectivity index (χ0v) is 19.4. The molecule has 10 heteroatoms. The van der Waals surface area contributed by atoms with Crippen LogP contribution in [-0.4, -0.2) is 27.9 Å². The molecule has 3 aromatic rings. The summed E-state index contributed by atoms with van der Waals surface area (Å²) in [5.41, 5.74) is 5.51. The molecule has 2 saturated carbocycles. The minimum Gasteiger partial charge on any atom is -0.399 e. The van der Waals surface area contributed by atoms with E-state index in [0.717, 1.165) is 43.8 Å². The lowest BCUT2D eigenvalue weighted by molar-refractivity contribution is -0.137. The van der Waals surface area contributed by atoms with Gasteiger partial charge in [0.1, 0.15) is 11.2 Å². The summed E-state index contributed by atoms with van der Waals surface area (Å²) >= 11 is 5.97. The van der Waals surface area contributed by atoms with Gasteiger partial charge in [0.15, 0.2) is 5.82 Å². The first kappa shape index (κ1) is 22.1. The largest absolute Gasteiger partial charge is 0.418 e. The molecule has 1 aromatic carbocycles. The van der Waals surface area contributed by atoms with E-state index < -0.39 is 28.1 Å². The maximum atomic E-state index is 16.3. The lowest BCUT2D eigenvalue weighted by Gasteiger charge is -2.18. The maximum absolute atomic E-state index is 16.3. The second kappa shape index (κ2) is 7.31. The van der Waals surface area contributed by atoms with Gasteiger partial charge in [-0.3, -0.25) is 4.68 Å². The van der Waals surface area contributed by atoms with E-state index >= 15 is 4.39 Å². The molecule has 0 spiro atoms. The Bertz CT molecular complexity index is 1320. The van der Waals surface area contributed by atoms with Gasteiger partial charge in [-0.25, -0.2) is 9.37 Å². The van der Waals surface area contributed by atoms with Crippen LogP contribution in [0.15, 0.2) is 12.1 Å². The number of pyridine rings is 1. The Balaban J connectivity index is 1.67. The van der Waals surface area contributed by atoms with Crippen LogP contribution in [0.4, 0.5) is 23.2 Å². The highest BCUT2D eigenvalue weighted by Crippen LogP contribution is 2.58. The smallest absolute Gasteiger partial charge is 0.399 e. The molecule has 2 aromatic heterocycles. The molecule has 3 atom stereocenters. The quantitative estimate of drug-likeness (QED) is 0.351. The minimum atomic E-state index is -4.80. The van der Waals surface area contributed by atoms with Gasteiger partial charge in [0.2, 0.25) is 0 Å². The van der Waals surface area contributed by atoms with Crippen molar-refractivity contribution in [1.29, 1.82) is 0 Å². The molecular formula is C24H24ClF4N5. The Labute approximate surface area is 198 Å². The van der Waals surface area contributed by atoms with Crippen molar-refractivity contribution in [2.45, 2.75) is 50.7 Å². The summed E-state index contributed by atoms with van der Waals surface area (Å²) < 4.78 is 60.0. The highest BCUT2D eigenvalue weighted by Gasteiger charge is 2.56. The number of benzene rings is 1. The molecule has 1 unspecified atom stereocenters. The molecule has 2 aliphatic carbocycles. The summed E-state index contributed by atoms with van der Waals surface area (Å²) in [6.45, 7) is 5.62. The van der Waals surface area contributed by atoms with Crippen LogP contribution in [0.3, 0.4) is 0 Å². The molecule has 0 radical (unpaired) electrons. The van der Waals surface area contributed by atoms with Crippen molar-refractivity contribution in [1.82, 2.24) is 20.1 Å². The van der Waals surface area contributed by atoms with Crippen molar-refractivity contribution < 1.29 is 17.6 Å². The van der Waals surface area contributed by atoms with Gasteiger partial charge >= 0.3 is 6.18 Å². The van der Waals surface area contributed by atoms with Crippen LogP contribution in [0.2, 0.25) is 5.02 Å². The third-order valence-corrected chi connectivity index (χ3v) is 7.64. The highest BCUT2D eigenvalue weighted by molar-refractivity contribution is 6.32. The SMILES string of the molecule is CC(C)c1nc(-c2cc(N)cc(Cl)c2C(F)(F)F)c(F)c2c1c(C1[C@H]3CNC[C@@H]13)nn2C1CC1. The van der Waals surface area contributed by atoms with Crippen LogP contribution in [0.5, 0.6) is 0 Å². The first-order chi connectivity index (χ1) is 16.1. The van der Waals surface area contributed by atoms with E-state index in [9.17, 15) is 13.2 Å². The predicted octanol–water partition coefficient (Wildman–Crippen LogP) is 5.88. The molecule has 0 amide bonds. The molecular weight excluding hydrogens is 470 g/mol. The number of nitrogen functional groups attached to an aromatic ring is 1. The molecule has 3 N–H and O–H groups in total. The van der Waals surface area contributed by atoms with Crippen LogP contribution in [-0.2, 0) is 6.18 Å². The van der Waals surface area contributed by atoms with E-state index in [-0.39, 0.29) is 34.8 Å². The van der Waals surface area contributed by atoms with Crippen molar-refractivity contribution >= 4 is 28.2 Å². The van der Waals surface area contributed by atoms with Crippen LogP contribution >= 0.6 is 11.6 Å². The first-order valence-corrected chi connectivity index (χ1v) is 11.9. The van der Waals surface area contributed by atoms with E-state index in [4.69, 9.17) is 22.4 Å². The van der Waals surface area contributed by atoms with Crippen molar-refractivity contribution in [3.63, 3.8) is 0 Å². The number of rotatable bonds is 4. The summed E-state index contributed by atoms with van der Waals surface area (Å²) in [6, 6.07) is 2.18. The third-order valence-electron chi connectivity index (χ3n) is 7.34. The van der Waals surface area contributed by atoms with E-state index in [1.54, 1.807) is 4.68 Å². The Morgan fingerprint density at radius 2 is 1.85 bits per heavy atom. The molecule has 1 saturated heterocycles. The summed E-state index contributed by atoms with van der Waals surface area (Å²) in [7, 11) is 0. The summed E-state index contributed by atoms with van der Waals surface area (Å²) in [4.78, 5) is 4.53. The third kappa shape index (κ3) is 3.23. The van der Waals surface area contributed by atoms with Gasteiger partial charge in [-0.15, -0.1) is 0 Å². The van der Waals surface area contributed by atoms with E-state index in [1.165, 1.54) is 0 Å². The molecule has 3 fully saturated rings. The summed E-state index contributed by atoms with van der Waals surface area (Å²) in [5, 5.41) is 8.32. The monoisotopic (exact) mass is 493 g/mol. The van der Waals surface area contributed by atoms with Crippen LogP contribution in [0, 0.1) is 17.7 Å². The fourth-order valence-corrected chi connectivity index (χ4v) is 5.93. The molecule has 5 nitrogen and oxygen atoms in total. The minimum absolute atomic E-state index is 0.00934. The van der Waals surface area contributed by atoms with Crippen molar-refractivity contribution in [2.24, 2.45) is 11.8 Å². The number of hydrogen-bond donors (Lipinski definition) is 2. The molecule has 1 aliphatic heterocycles. The number of fused-ring (bicyclic) bond motifs is 2.